The molecule has 3 rings (SSSR count). The van der Waals surface area contributed by atoms with Gasteiger partial charge in [-0.1, -0.05) is 36.8 Å². The highest BCUT2D eigenvalue weighted by Gasteiger charge is 2.11. The fourth-order valence-electron chi connectivity index (χ4n) is 2.67. The van der Waals surface area contributed by atoms with Crippen LogP contribution in [-0.4, -0.2) is 24.2 Å². The minimum atomic E-state index is -1.20. The summed E-state index contributed by atoms with van der Waals surface area (Å²) < 4.78 is 32.8. The van der Waals surface area contributed by atoms with E-state index in [4.69, 9.17) is 9.47 Å². The van der Waals surface area contributed by atoms with Crippen molar-refractivity contribution in [1.82, 2.24) is 0 Å². The molecule has 3 aromatic rings. The van der Waals surface area contributed by atoms with Crippen molar-refractivity contribution in [3.63, 3.8) is 0 Å². The number of rotatable bonds is 4. The monoisotopic (exact) mass is 524 g/mol. The molecular weight excluding hydrogens is 507 g/mol. The first kappa shape index (κ1) is 27.7. The lowest BCUT2D eigenvalue weighted by atomic mass is 10.1. The van der Waals surface area contributed by atoms with Crippen molar-refractivity contribution in [3.05, 3.63) is 120 Å². The van der Waals surface area contributed by atoms with Gasteiger partial charge in [-0.05, 0) is 66.7 Å². The normalized spacial score (nSPS) is 9.36. The van der Waals surface area contributed by atoms with Gasteiger partial charge in [0.1, 0.15) is 17.3 Å². The highest BCUT2D eigenvalue weighted by Crippen LogP contribution is 2.15. The Morgan fingerprint density at radius 2 is 1.03 bits per heavy atom. The van der Waals surface area contributed by atoms with Crippen LogP contribution in [0.1, 0.15) is 22.3 Å². The van der Waals surface area contributed by atoms with Gasteiger partial charge in [0.05, 0.1) is 5.56 Å². The van der Waals surface area contributed by atoms with Gasteiger partial charge in [0, 0.05) is 28.8 Å². The second kappa shape index (κ2) is 13.4. The molecule has 0 spiro atoms. The van der Waals surface area contributed by atoms with Crippen molar-refractivity contribution >= 4 is 24.2 Å². The third kappa shape index (κ3) is 8.90. The Morgan fingerprint density at radius 3 is 1.46 bits per heavy atom. The van der Waals surface area contributed by atoms with Crippen molar-refractivity contribution in [2.75, 3.05) is 0 Å². The lowest BCUT2D eigenvalue weighted by molar-refractivity contribution is -0.134. The molecule has 0 aliphatic heterocycles. The summed E-state index contributed by atoms with van der Waals surface area (Å²) in [7, 11) is 0. The maximum absolute atomic E-state index is 14.5. The minimum absolute atomic E-state index is 0.126. The summed E-state index contributed by atoms with van der Waals surface area (Å²) in [5.74, 6) is 9.04. The van der Waals surface area contributed by atoms with Gasteiger partial charge in [-0.3, -0.25) is 0 Å². The molecule has 0 heterocycles. The fraction of sp³-hybridized carbons (Fsp3) is 0. The summed E-state index contributed by atoms with van der Waals surface area (Å²) in [6.07, 6.45) is -0.731. The van der Waals surface area contributed by atoms with Crippen molar-refractivity contribution in [3.8, 4) is 35.2 Å². The second-order valence-electron chi connectivity index (χ2n) is 7.20. The molecule has 0 saturated heterocycles. The number of carbonyl (C=O) groups excluding carboxylic acids is 4. The lowest BCUT2D eigenvalue weighted by Crippen LogP contribution is -2.14. The molecule has 9 heteroatoms. The molecule has 0 N–H and O–H groups in total. The van der Waals surface area contributed by atoms with Crippen molar-refractivity contribution in [2.24, 2.45) is 0 Å². The summed E-state index contributed by atoms with van der Waals surface area (Å²) in [4.78, 5) is 44.8. The number of hydrogen-bond donors (Lipinski definition) is 0. The van der Waals surface area contributed by atoms with Crippen LogP contribution in [0.5, 0.6) is 11.5 Å². The van der Waals surface area contributed by atoms with E-state index in [1.807, 2.05) is 0 Å². The average molecular weight is 524 g/mol. The summed E-state index contributed by atoms with van der Waals surface area (Å²) in [6, 6.07) is 16.4. The van der Waals surface area contributed by atoms with Gasteiger partial charge in [-0.2, -0.15) is 0 Å². The van der Waals surface area contributed by atoms with Gasteiger partial charge in [0.25, 0.3) is 0 Å². The van der Waals surface area contributed by atoms with Crippen LogP contribution >= 0.6 is 0 Å². The second-order valence-corrected chi connectivity index (χ2v) is 7.20. The molecule has 0 atom stereocenters. The first-order chi connectivity index (χ1) is 18.7. The number of halogens is 1. The summed E-state index contributed by atoms with van der Waals surface area (Å²) in [5.41, 5.74) is 1.65. The quantitative estimate of drug-likeness (QED) is 0.153. The first-order valence-electron chi connectivity index (χ1n) is 10.9. The topological polar surface area (TPSA) is 105 Å². The molecule has 0 aromatic heterocycles. The standard InChI is InChI=1S/C30H17FO8/c1-3-27(32)38-29(34)36-24-15-9-20(10-16-24)5-6-22-8-14-23(26(31)19-22)13-7-21-11-17-25(18-12-21)37-30(35)39-28(33)4-2/h3-4,8-12,14-19H,1-2H2. The lowest BCUT2D eigenvalue weighted by Gasteiger charge is -2.02. The molecule has 39 heavy (non-hydrogen) atoms. The van der Waals surface area contributed by atoms with E-state index in [0.717, 1.165) is 12.2 Å². The van der Waals surface area contributed by atoms with E-state index in [9.17, 15) is 23.6 Å². The van der Waals surface area contributed by atoms with Crippen molar-refractivity contribution in [1.29, 1.82) is 0 Å². The molecule has 0 aliphatic rings. The Labute approximate surface area is 222 Å². The van der Waals surface area contributed by atoms with E-state index < -0.39 is 30.1 Å². The van der Waals surface area contributed by atoms with Crippen LogP contribution in [-0.2, 0) is 19.1 Å². The molecule has 8 nitrogen and oxygen atoms in total. The Balaban J connectivity index is 1.60. The first-order valence-corrected chi connectivity index (χ1v) is 10.9. The average Bonchev–Trinajstić information content (AvgIpc) is 2.92. The van der Waals surface area contributed by atoms with E-state index in [1.165, 1.54) is 36.4 Å². The molecular formula is C30H17FO8. The van der Waals surface area contributed by atoms with Crippen LogP contribution in [0, 0.1) is 29.5 Å². The number of carbonyl (C=O) groups is 4. The predicted octanol–water partition coefficient (Wildman–Crippen LogP) is 5.08. The SMILES string of the molecule is C=CC(=O)OC(=O)Oc1ccc(C#Cc2ccc(C#Cc3ccc(OC(=O)OC(=O)C=C)cc3)c(F)c2)cc1. The van der Waals surface area contributed by atoms with Gasteiger partial charge < -0.3 is 18.9 Å². The zero-order valence-electron chi connectivity index (χ0n) is 20.1. The Kier molecular flexibility index (Phi) is 9.50. The van der Waals surface area contributed by atoms with Gasteiger partial charge >= 0.3 is 24.2 Å². The molecule has 0 radical (unpaired) electrons. The molecule has 0 amide bonds. The van der Waals surface area contributed by atoms with Crippen LogP contribution in [0.25, 0.3) is 0 Å². The van der Waals surface area contributed by atoms with E-state index in [0.29, 0.717) is 16.7 Å². The molecule has 192 valence electrons. The molecule has 0 saturated carbocycles. The van der Waals surface area contributed by atoms with E-state index in [2.05, 4.69) is 46.3 Å². The zero-order chi connectivity index (χ0) is 28.2. The maximum atomic E-state index is 14.5. The molecule has 0 bridgehead atoms. The molecule has 0 aliphatic carbocycles. The number of ether oxygens (including phenoxy) is 4. The van der Waals surface area contributed by atoms with Crippen LogP contribution < -0.4 is 9.47 Å². The molecule has 3 aromatic carbocycles. The van der Waals surface area contributed by atoms with Gasteiger partial charge in [0.15, 0.2) is 0 Å². The fourth-order valence-corrected chi connectivity index (χ4v) is 2.67. The number of hydrogen-bond acceptors (Lipinski definition) is 8. The Bertz CT molecular complexity index is 1560. The summed E-state index contributed by atoms with van der Waals surface area (Å²) in [6.45, 7) is 6.35. The zero-order valence-corrected chi connectivity index (χ0v) is 20.1. The minimum Gasteiger partial charge on any atom is -0.395 e. The predicted molar refractivity (Wildman–Crippen MR) is 136 cm³/mol. The van der Waals surface area contributed by atoms with Crippen molar-refractivity contribution < 1.29 is 42.5 Å². The Hall–Kier alpha value is -5.93. The number of esters is 2. The largest absolute Gasteiger partial charge is 0.521 e. The van der Waals surface area contributed by atoms with E-state index in [-0.39, 0.29) is 17.1 Å². The van der Waals surface area contributed by atoms with Crippen LogP contribution in [0.15, 0.2) is 92.0 Å². The van der Waals surface area contributed by atoms with Crippen LogP contribution in [0.2, 0.25) is 0 Å². The van der Waals surface area contributed by atoms with E-state index in [1.54, 1.807) is 30.3 Å². The smallest absolute Gasteiger partial charge is 0.395 e. The van der Waals surface area contributed by atoms with Crippen molar-refractivity contribution in [2.45, 2.75) is 0 Å². The highest BCUT2D eigenvalue weighted by atomic mass is 19.1. The summed E-state index contributed by atoms with van der Waals surface area (Å²) in [5, 5.41) is 0. The van der Waals surface area contributed by atoms with E-state index >= 15 is 0 Å². The molecule has 0 fully saturated rings. The van der Waals surface area contributed by atoms with Gasteiger partial charge in [0.2, 0.25) is 0 Å². The third-order valence-corrected chi connectivity index (χ3v) is 4.47. The van der Waals surface area contributed by atoms with Crippen LogP contribution in [0.4, 0.5) is 14.0 Å². The Morgan fingerprint density at radius 1 is 0.615 bits per heavy atom. The van der Waals surface area contributed by atoms with Crippen LogP contribution in [0.3, 0.4) is 0 Å². The highest BCUT2D eigenvalue weighted by molar-refractivity contribution is 5.90. The third-order valence-electron chi connectivity index (χ3n) is 4.47. The number of benzene rings is 3. The van der Waals surface area contributed by atoms with Gasteiger partial charge in [-0.15, -0.1) is 0 Å². The molecule has 0 unspecified atom stereocenters. The maximum Gasteiger partial charge on any atom is 0.521 e. The summed E-state index contributed by atoms with van der Waals surface area (Å²) >= 11 is 0. The van der Waals surface area contributed by atoms with Gasteiger partial charge in [-0.25, -0.2) is 23.6 Å².